The van der Waals surface area contributed by atoms with Crippen LogP contribution in [0.2, 0.25) is 0 Å². The molecule has 4 nitrogen and oxygen atoms in total. The highest BCUT2D eigenvalue weighted by atomic mass is 16.3. The zero-order valence-corrected chi connectivity index (χ0v) is 11.3. The van der Waals surface area contributed by atoms with Crippen LogP contribution in [0.5, 0.6) is 0 Å². The molecule has 0 unspecified atom stereocenters. The van der Waals surface area contributed by atoms with Crippen LogP contribution in [-0.2, 0) is 13.2 Å². The molecule has 0 saturated carbocycles. The highest BCUT2D eigenvalue weighted by Gasteiger charge is 2.23. The Balaban J connectivity index is 2.32. The Morgan fingerprint density at radius 1 is 1.26 bits per heavy atom. The molecule has 1 N–H and O–H groups in total. The number of pyridine rings is 2. The van der Waals surface area contributed by atoms with Crippen LogP contribution in [0.25, 0.3) is 11.4 Å². The summed E-state index contributed by atoms with van der Waals surface area (Å²) >= 11 is 0. The molecule has 0 atom stereocenters. The number of fused-ring (bicyclic) bond motifs is 3. The van der Waals surface area contributed by atoms with Gasteiger partial charge in [0.2, 0.25) is 0 Å². The summed E-state index contributed by atoms with van der Waals surface area (Å²) in [5, 5.41) is 9.31. The maximum absolute atomic E-state index is 12.3. The van der Waals surface area contributed by atoms with E-state index in [9.17, 15) is 9.90 Å². The molecular formula is C15H16N2O2. The predicted octanol–water partition coefficient (Wildman–Crippen LogP) is 1.69. The van der Waals surface area contributed by atoms with Crippen LogP contribution >= 0.6 is 0 Å². The van der Waals surface area contributed by atoms with E-state index < -0.39 is 0 Å². The normalized spacial score (nSPS) is 12.4. The molecule has 0 bridgehead atoms. The minimum absolute atomic E-state index is 0.106. The lowest BCUT2D eigenvalue weighted by Gasteiger charge is -2.08. The van der Waals surface area contributed by atoms with Gasteiger partial charge in [-0.2, -0.15) is 0 Å². The van der Waals surface area contributed by atoms with E-state index in [0.29, 0.717) is 12.1 Å². The van der Waals surface area contributed by atoms with E-state index in [1.54, 1.807) is 4.57 Å². The second-order valence-corrected chi connectivity index (χ2v) is 5.14. The van der Waals surface area contributed by atoms with E-state index in [1.807, 2.05) is 26.8 Å². The van der Waals surface area contributed by atoms with Crippen LogP contribution in [0.3, 0.4) is 0 Å². The lowest BCUT2D eigenvalue weighted by molar-refractivity contribution is 0.278. The van der Waals surface area contributed by atoms with Gasteiger partial charge in [0.05, 0.1) is 24.5 Å². The topological polar surface area (TPSA) is 55.1 Å². The molecule has 0 radical (unpaired) electrons. The molecule has 4 heteroatoms. The van der Waals surface area contributed by atoms with Gasteiger partial charge in [-0.1, -0.05) is 6.07 Å². The fourth-order valence-corrected chi connectivity index (χ4v) is 2.63. The number of aliphatic hydroxyl groups excluding tert-OH is 1. The number of aromatic nitrogens is 2. The lowest BCUT2D eigenvalue weighted by Crippen LogP contribution is -2.24. The highest BCUT2D eigenvalue weighted by molar-refractivity contribution is 5.65. The van der Waals surface area contributed by atoms with Crippen LogP contribution in [-0.4, -0.2) is 14.7 Å². The number of hydrogen-bond donors (Lipinski definition) is 1. The first-order chi connectivity index (χ1) is 9.02. The maximum atomic E-state index is 12.3. The number of rotatable bonds is 1. The van der Waals surface area contributed by atoms with E-state index in [2.05, 4.69) is 11.1 Å². The predicted molar refractivity (Wildman–Crippen MR) is 73.2 cm³/mol. The molecule has 0 fully saturated rings. The van der Waals surface area contributed by atoms with Crippen molar-refractivity contribution in [2.75, 3.05) is 0 Å². The molecular weight excluding hydrogens is 240 g/mol. The van der Waals surface area contributed by atoms with E-state index in [4.69, 9.17) is 0 Å². The van der Waals surface area contributed by atoms with E-state index in [1.165, 1.54) is 0 Å². The Hall–Kier alpha value is -1.94. The highest BCUT2D eigenvalue weighted by Crippen LogP contribution is 2.30. The third kappa shape index (κ3) is 1.64. The Morgan fingerprint density at radius 2 is 2.00 bits per heavy atom. The smallest absolute Gasteiger partial charge is 0.257 e. The quantitative estimate of drug-likeness (QED) is 0.721. The largest absolute Gasteiger partial charge is 0.391 e. The zero-order chi connectivity index (χ0) is 13.7. The van der Waals surface area contributed by atoms with Crippen molar-refractivity contribution < 1.29 is 5.11 Å². The van der Waals surface area contributed by atoms with Crippen LogP contribution in [0.1, 0.15) is 27.9 Å². The molecule has 2 aromatic rings. The van der Waals surface area contributed by atoms with E-state index in [-0.39, 0.29) is 12.2 Å². The Morgan fingerprint density at radius 3 is 2.68 bits per heavy atom. The molecule has 3 rings (SSSR count). The summed E-state index contributed by atoms with van der Waals surface area (Å²) in [5.74, 6) is 0. The van der Waals surface area contributed by atoms with Crippen molar-refractivity contribution in [1.29, 1.82) is 0 Å². The molecule has 0 aliphatic carbocycles. The molecule has 0 amide bonds. The average molecular weight is 256 g/mol. The Labute approximate surface area is 111 Å². The van der Waals surface area contributed by atoms with Gasteiger partial charge < -0.3 is 9.67 Å². The fraction of sp³-hybridized carbons (Fsp3) is 0.333. The summed E-state index contributed by atoms with van der Waals surface area (Å²) in [4.78, 5) is 16.9. The zero-order valence-electron chi connectivity index (χ0n) is 11.3. The van der Waals surface area contributed by atoms with Gasteiger partial charge in [-0.15, -0.1) is 0 Å². The van der Waals surface area contributed by atoms with Gasteiger partial charge in [-0.25, -0.2) is 0 Å². The maximum Gasteiger partial charge on any atom is 0.257 e. The van der Waals surface area contributed by atoms with Crippen molar-refractivity contribution in [2.24, 2.45) is 0 Å². The van der Waals surface area contributed by atoms with Crippen LogP contribution in [0.15, 0.2) is 16.9 Å². The molecule has 3 heterocycles. The summed E-state index contributed by atoms with van der Waals surface area (Å²) in [6.07, 6.45) is 0. The van der Waals surface area contributed by atoms with Crippen LogP contribution in [0, 0.1) is 20.8 Å². The van der Waals surface area contributed by atoms with Crippen molar-refractivity contribution in [3.8, 4) is 11.4 Å². The second-order valence-electron chi connectivity index (χ2n) is 5.14. The summed E-state index contributed by atoms with van der Waals surface area (Å²) in [7, 11) is 0. The summed E-state index contributed by atoms with van der Waals surface area (Å²) < 4.78 is 1.70. The summed E-state index contributed by atoms with van der Waals surface area (Å²) in [5.41, 5.74) is 6.16. The summed E-state index contributed by atoms with van der Waals surface area (Å²) in [6, 6.07) is 4.04. The monoisotopic (exact) mass is 256 g/mol. The molecule has 2 aromatic heterocycles. The first-order valence-electron chi connectivity index (χ1n) is 6.34. The molecule has 1 aliphatic heterocycles. The standard InChI is InChI=1S/C15H16N2O2/c1-8-4-11-6-17-13(14(11)16-10(8)3)5-9(2)12(7-18)15(17)19/h4-5,18H,6-7H2,1-3H3. The molecule has 19 heavy (non-hydrogen) atoms. The molecule has 0 saturated heterocycles. The molecule has 0 aromatic carbocycles. The first kappa shape index (κ1) is 12.1. The average Bonchev–Trinajstić information content (AvgIpc) is 2.69. The third-order valence-electron chi connectivity index (χ3n) is 3.90. The van der Waals surface area contributed by atoms with Crippen LogP contribution < -0.4 is 5.56 Å². The van der Waals surface area contributed by atoms with Crippen molar-refractivity contribution in [2.45, 2.75) is 33.9 Å². The van der Waals surface area contributed by atoms with Crippen molar-refractivity contribution in [1.82, 2.24) is 9.55 Å². The Kier molecular flexibility index (Phi) is 2.57. The lowest BCUT2D eigenvalue weighted by atomic mass is 10.1. The van der Waals surface area contributed by atoms with E-state index in [0.717, 1.165) is 33.8 Å². The number of hydrogen-bond acceptors (Lipinski definition) is 3. The summed E-state index contributed by atoms with van der Waals surface area (Å²) in [6.45, 7) is 6.19. The van der Waals surface area contributed by atoms with Crippen molar-refractivity contribution in [3.63, 3.8) is 0 Å². The first-order valence-corrected chi connectivity index (χ1v) is 6.34. The van der Waals surface area contributed by atoms with Crippen molar-refractivity contribution >= 4 is 0 Å². The van der Waals surface area contributed by atoms with Crippen molar-refractivity contribution in [3.05, 3.63) is 50.4 Å². The number of aliphatic hydroxyl groups is 1. The second kappa shape index (κ2) is 4.03. The third-order valence-corrected chi connectivity index (χ3v) is 3.90. The minimum Gasteiger partial charge on any atom is -0.391 e. The van der Waals surface area contributed by atoms with Crippen LogP contribution in [0.4, 0.5) is 0 Å². The molecule has 0 spiro atoms. The SMILES string of the molecule is Cc1cc2c(nc1C)-c1cc(C)c(CO)c(=O)n1C2. The van der Waals surface area contributed by atoms with Gasteiger partial charge in [0.15, 0.2) is 0 Å². The minimum atomic E-state index is -0.215. The molecule has 1 aliphatic rings. The van der Waals surface area contributed by atoms with Gasteiger partial charge in [0.1, 0.15) is 0 Å². The van der Waals surface area contributed by atoms with Gasteiger partial charge in [-0.05, 0) is 38.0 Å². The molecule has 98 valence electrons. The van der Waals surface area contributed by atoms with Gasteiger partial charge in [-0.3, -0.25) is 9.78 Å². The number of nitrogens with zero attached hydrogens (tertiary/aromatic N) is 2. The fourth-order valence-electron chi connectivity index (χ4n) is 2.63. The Bertz CT molecular complexity index is 745. The van der Waals surface area contributed by atoms with E-state index >= 15 is 0 Å². The number of aryl methyl sites for hydroxylation is 3. The van der Waals surface area contributed by atoms with Gasteiger partial charge >= 0.3 is 0 Å². The van der Waals surface area contributed by atoms with Gasteiger partial charge in [0, 0.05) is 16.8 Å². The van der Waals surface area contributed by atoms with Gasteiger partial charge in [0.25, 0.3) is 5.56 Å².